The lowest BCUT2D eigenvalue weighted by Gasteiger charge is -2.28. The van der Waals surface area contributed by atoms with Crippen LogP contribution in [0.5, 0.6) is 0 Å². The summed E-state index contributed by atoms with van der Waals surface area (Å²) in [5.74, 6) is -0.982. The summed E-state index contributed by atoms with van der Waals surface area (Å²) >= 11 is 0. The number of fused-ring (bicyclic) bond motifs is 2. The van der Waals surface area contributed by atoms with E-state index in [-0.39, 0.29) is 18.8 Å². The highest BCUT2D eigenvalue weighted by atomic mass is 19.3. The lowest BCUT2D eigenvalue weighted by Crippen LogP contribution is -2.23. The number of halogens is 2. The van der Waals surface area contributed by atoms with Gasteiger partial charge in [0.05, 0.1) is 5.69 Å². The first-order chi connectivity index (χ1) is 15.2. The lowest BCUT2D eigenvalue weighted by molar-refractivity contribution is -0.0382. The molecule has 0 atom stereocenters. The standard InChI is InChI=1S/C28H29F2NO/c1-16(2)26-18(4)23-13-17(3)14-24(27(23)32-26)25-22-6-5-20(15-21(22)9-12-31-25)19-7-10-28(29,30)11-8-19/h5-6,9,12-16,19H,7-8,10-11H2,1-4H3. The molecule has 0 saturated heterocycles. The Morgan fingerprint density at radius 2 is 1.75 bits per heavy atom. The van der Waals surface area contributed by atoms with Crippen molar-refractivity contribution in [3.63, 3.8) is 0 Å². The average Bonchev–Trinajstić information content (AvgIpc) is 3.09. The van der Waals surface area contributed by atoms with Gasteiger partial charge in [0.2, 0.25) is 5.92 Å². The van der Waals surface area contributed by atoms with E-state index in [1.54, 1.807) is 0 Å². The van der Waals surface area contributed by atoms with E-state index in [0.29, 0.717) is 18.8 Å². The first-order valence-corrected chi connectivity index (χ1v) is 11.5. The summed E-state index contributed by atoms with van der Waals surface area (Å²) in [7, 11) is 0. The second-order valence-electron chi connectivity index (χ2n) is 9.71. The Morgan fingerprint density at radius 1 is 1.00 bits per heavy atom. The summed E-state index contributed by atoms with van der Waals surface area (Å²) in [5, 5.41) is 3.29. The molecule has 0 amide bonds. The average molecular weight is 434 g/mol. The van der Waals surface area contributed by atoms with Crippen LogP contribution in [0.3, 0.4) is 0 Å². The van der Waals surface area contributed by atoms with Crippen LogP contribution in [-0.2, 0) is 0 Å². The number of furan rings is 1. The lowest BCUT2D eigenvalue weighted by atomic mass is 9.81. The maximum absolute atomic E-state index is 13.6. The number of pyridine rings is 1. The molecule has 0 aliphatic heterocycles. The van der Waals surface area contributed by atoms with E-state index in [1.807, 2.05) is 12.3 Å². The third-order valence-electron chi connectivity index (χ3n) is 6.98. The van der Waals surface area contributed by atoms with Crippen LogP contribution >= 0.6 is 0 Å². The minimum Gasteiger partial charge on any atom is -0.460 e. The molecule has 1 fully saturated rings. The number of benzene rings is 2. The molecule has 2 aromatic heterocycles. The predicted octanol–water partition coefficient (Wildman–Crippen LogP) is 8.68. The number of hydrogen-bond donors (Lipinski definition) is 0. The molecule has 1 saturated carbocycles. The third-order valence-corrected chi connectivity index (χ3v) is 6.98. The molecule has 0 radical (unpaired) electrons. The molecule has 0 unspecified atom stereocenters. The van der Waals surface area contributed by atoms with Crippen molar-refractivity contribution in [2.45, 2.75) is 71.1 Å². The van der Waals surface area contributed by atoms with Crippen molar-refractivity contribution < 1.29 is 13.2 Å². The molecule has 2 nitrogen and oxygen atoms in total. The van der Waals surface area contributed by atoms with E-state index < -0.39 is 5.92 Å². The van der Waals surface area contributed by atoms with Crippen molar-refractivity contribution in [3.05, 3.63) is 65.0 Å². The monoisotopic (exact) mass is 433 g/mol. The van der Waals surface area contributed by atoms with Gasteiger partial charge in [-0.1, -0.05) is 32.0 Å². The second kappa shape index (κ2) is 7.68. The zero-order valence-electron chi connectivity index (χ0n) is 19.1. The molecule has 32 heavy (non-hydrogen) atoms. The highest BCUT2D eigenvalue weighted by Gasteiger charge is 2.35. The SMILES string of the molecule is Cc1cc(-c2nccc3cc(C4CCC(F)(F)CC4)ccc23)c2oc(C(C)C)c(C)c2c1. The fourth-order valence-corrected chi connectivity index (χ4v) is 5.25. The van der Waals surface area contributed by atoms with Gasteiger partial charge in [0.15, 0.2) is 0 Å². The Hall–Kier alpha value is -2.75. The van der Waals surface area contributed by atoms with E-state index in [4.69, 9.17) is 9.40 Å². The maximum atomic E-state index is 13.6. The molecule has 1 aliphatic rings. The van der Waals surface area contributed by atoms with Crippen molar-refractivity contribution in [1.29, 1.82) is 0 Å². The number of rotatable bonds is 3. The second-order valence-corrected chi connectivity index (χ2v) is 9.71. The van der Waals surface area contributed by atoms with Crippen LogP contribution in [-0.4, -0.2) is 10.9 Å². The zero-order chi connectivity index (χ0) is 22.6. The van der Waals surface area contributed by atoms with Crippen molar-refractivity contribution >= 4 is 21.7 Å². The summed E-state index contributed by atoms with van der Waals surface area (Å²) < 4.78 is 33.6. The van der Waals surface area contributed by atoms with Gasteiger partial charge in [-0.2, -0.15) is 0 Å². The van der Waals surface area contributed by atoms with Crippen LogP contribution in [0.25, 0.3) is 33.0 Å². The molecular formula is C28H29F2NO. The van der Waals surface area contributed by atoms with Crippen LogP contribution < -0.4 is 0 Å². The minimum atomic E-state index is -2.50. The van der Waals surface area contributed by atoms with Crippen molar-refractivity contribution in [2.75, 3.05) is 0 Å². The normalized spacial score (nSPS) is 17.0. The van der Waals surface area contributed by atoms with E-state index in [1.165, 1.54) is 11.1 Å². The van der Waals surface area contributed by atoms with Gasteiger partial charge in [-0.3, -0.25) is 4.98 Å². The van der Waals surface area contributed by atoms with Gasteiger partial charge in [0.1, 0.15) is 11.3 Å². The Kier molecular flexibility index (Phi) is 5.07. The highest BCUT2D eigenvalue weighted by Crippen LogP contribution is 2.43. The van der Waals surface area contributed by atoms with Crippen LogP contribution in [0.2, 0.25) is 0 Å². The third kappa shape index (κ3) is 3.60. The van der Waals surface area contributed by atoms with E-state index in [9.17, 15) is 8.78 Å². The van der Waals surface area contributed by atoms with E-state index >= 15 is 0 Å². The Bertz CT molecular complexity index is 1310. The quantitative estimate of drug-likeness (QED) is 0.323. The summed E-state index contributed by atoms with van der Waals surface area (Å²) in [6.07, 6.45) is 2.88. The Morgan fingerprint density at radius 3 is 2.47 bits per heavy atom. The Balaban J connectivity index is 1.63. The smallest absolute Gasteiger partial charge is 0.248 e. The Labute approximate surface area is 187 Å². The number of alkyl halides is 2. The molecule has 2 heterocycles. The van der Waals surface area contributed by atoms with E-state index in [0.717, 1.165) is 44.3 Å². The zero-order valence-corrected chi connectivity index (χ0v) is 19.1. The van der Waals surface area contributed by atoms with Gasteiger partial charge in [0, 0.05) is 41.3 Å². The molecule has 5 rings (SSSR count). The molecular weight excluding hydrogens is 404 g/mol. The van der Waals surface area contributed by atoms with Crippen molar-refractivity contribution in [3.8, 4) is 11.3 Å². The molecule has 4 heteroatoms. The molecule has 0 bridgehead atoms. The largest absolute Gasteiger partial charge is 0.460 e. The van der Waals surface area contributed by atoms with Crippen molar-refractivity contribution in [2.24, 2.45) is 0 Å². The summed E-state index contributed by atoms with van der Waals surface area (Å²) in [5.41, 5.74) is 6.31. The van der Waals surface area contributed by atoms with E-state index in [2.05, 4.69) is 58.0 Å². The maximum Gasteiger partial charge on any atom is 0.248 e. The predicted molar refractivity (Wildman–Crippen MR) is 127 cm³/mol. The van der Waals surface area contributed by atoms with Gasteiger partial charge >= 0.3 is 0 Å². The minimum absolute atomic E-state index is 0.0192. The number of hydrogen-bond acceptors (Lipinski definition) is 2. The first-order valence-electron chi connectivity index (χ1n) is 11.5. The fourth-order valence-electron chi connectivity index (χ4n) is 5.25. The number of nitrogens with zero attached hydrogens (tertiary/aromatic N) is 1. The molecule has 0 spiro atoms. The summed E-state index contributed by atoms with van der Waals surface area (Å²) in [6.45, 7) is 8.53. The number of aryl methyl sites for hydroxylation is 2. The van der Waals surface area contributed by atoms with Crippen LogP contribution in [0, 0.1) is 13.8 Å². The van der Waals surface area contributed by atoms with Gasteiger partial charge in [-0.15, -0.1) is 0 Å². The van der Waals surface area contributed by atoms with Gasteiger partial charge in [-0.25, -0.2) is 8.78 Å². The highest BCUT2D eigenvalue weighted by molar-refractivity contribution is 6.03. The number of aromatic nitrogens is 1. The van der Waals surface area contributed by atoms with Gasteiger partial charge in [0.25, 0.3) is 0 Å². The fraction of sp³-hybridized carbons (Fsp3) is 0.393. The molecule has 0 N–H and O–H groups in total. The summed E-state index contributed by atoms with van der Waals surface area (Å²) in [4.78, 5) is 4.75. The van der Waals surface area contributed by atoms with Gasteiger partial charge in [-0.05, 0) is 72.9 Å². The molecule has 4 aromatic rings. The molecule has 1 aliphatic carbocycles. The van der Waals surface area contributed by atoms with Crippen LogP contribution in [0.1, 0.15) is 73.8 Å². The van der Waals surface area contributed by atoms with Gasteiger partial charge < -0.3 is 4.42 Å². The first kappa shape index (κ1) is 21.1. The topological polar surface area (TPSA) is 26.0 Å². The molecule has 2 aromatic carbocycles. The summed E-state index contributed by atoms with van der Waals surface area (Å²) in [6, 6.07) is 12.7. The van der Waals surface area contributed by atoms with Crippen molar-refractivity contribution in [1.82, 2.24) is 4.98 Å². The van der Waals surface area contributed by atoms with Crippen LogP contribution in [0.4, 0.5) is 8.78 Å². The van der Waals surface area contributed by atoms with Crippen LogP contribution in [0.15, 0.2) is 47.0 Å². The molecule has 166 valence electrons.